The second-order valence-electron chi connectivity index (χ2n) is 3.47. The second-order valence-corrected chi connectivity index (χ2v) is 3.47. The first-order valence-electron chi connectivity index (χ1n) is 5.15. The fourth-order valence-electron chi connectivity index (χ4n) is 1.25. The molecular weight excluding hydrogens is 202 g/mol. The molecule has 0 unspecified atom stereocenters. The molecule has 0 spiro atoms. The number of amides is 2. The lowest BCUT2D eigenvalue weighted by Gasteiger charge is -2.07. The fraction of sp³-hybridized carbons (Fsp3) is 0.250. The summed E-state index contributed by atoms with van der Waals surface area (Å²) in [7, 11) is 0. The van der Waals surface area contributed by atoms with Crippen LogP contribution in [0.2, 0.25) is 0 Å². The number of hydrogen-bond acceptors (Lipinski definition) is 2. The molecule has 3 N–H and O–H groups in total. The summed E-state index contributed by atoms with van der Waals surface area (Å²) in [5.74, 6) is 0. The van der Waals surface area contributed by atoms with Gasteiger partial charge in [-0.1, -0.05) is 35.9 Å². The first kappa shape index (κ1) is 12.3. The largest absolute Gasteiger partial charge is 0.333 e. The molecule has 1 aromatic rings. The van der Waals surface area contributed by atoms with Crippen LogP contribution in [0, 0.1) is 6.92 Å². The molecule has 0 aliphatic rings. The monoisotopic (exact) mass is 219 g/mol. The summed E-state index contributed by atoms with van der Waals surface area (Å²) in [6.45, 7) is 6.61. The molecular formula is C12H17N3O. The summed E-state index contributed by atoms with van der Waals surface area (Å²) in [6, 6.07) is 7.76. The average Bonchev–Trinajstić information content (AvgIpc) is 2.27. The molecule has 4 nitrogen and oxygen atoms in total. The van der Waals surface area contributed by atoms with Gasteiger partial charge in [-0.3, -0.25) is 5.43 Å². The van der Waals surface area contributed by atoms with Crippen molar-refractivity contribution < 1.29 is 4.79 Å². The predicted octanol–water partition coefficient (Wildman–Crippen LogP) is 1.48. The predicted molar refractivity (Wildman–Crippen MR) is 64.8 cm³/mol. The Hall–Kier alpha value is -1.81. The summed E-state index contributed by atoms with van der Waals surface area (Å²) >= 11 is 0. The maximum absolute atomic E-state index is 11.3. The van der Waals surface area contributed by atoms with Crippen LogP contribution in [0.25, 0.3) is 0 Å². The lowest BCUT2D eigenvalue weighted by molar-refractivity contribution is 0.236. The van der Waals surface area contributed by atoms with E-state index in [0.29, 0.717) is 13.1 Å². The van der Waals surface area contributed by atoms with Gasteiger partial charge in [0, 0.05) is 13.1 Å². The normalized spacial score (nSPS) is 9.56. The van der Waals surface area contributed by atoms with Gasteiger partial charge < -0.3 is 5.32 Å². The molecule has 0 aliphatic heterocycles. The van der Waals surface area contributed by atoms with Crippen molar-refractivity contribution in [1.82, 2.24) is 16.2 Å². The molecule has 0 heterocycles. The van der Waals surface area contributed by atoms with Crippen molar-refractivity contribution in [3.63, 3.8) is 0 Å². The zero-order chi connectivity index (χ0) is 11.8. The van der Waals surface area contributed by atoms with Gasteiger partial charge in [-0.2, -0.15) is 0 Å². The van der Waals surface area contributed by atoms with E-state index >= 15 is 0 Å². The molecule has 86 valence electrons. The lowest BCUT2D eigenvalue weighted by Crippen LogP contribution is -2.43. The van der Waals surface area contributed by atoms with Gasteiger partial charge in [0.05, 0.1) is 0 Å². The minimum atomic E-state index is -0.247. The number of aryl methyl sites for hydroxylation is 1. The topological polar surface area (TPSA) is 53.2 Å². The van der Waals surface area contributed by atoms with Gasteiger partial charge in [-0.25, -0.2) is 10.2 Å². The molecule has 4 heteroatoms. The van der Waals surface area contributed by atoms with Crippen LogP contribution in [-0.4, -0.2) is 12.6 Å². The van der Waals surface area contributed by atoms with Crippen molar-refractivity contribution >= 4 is 6.03 Å². The van der Waals surface area contributed by atoms with Gasteiger partial charge in [0.25, 0.3) is 0 Å². The van der Waals surface area contributed by atoms with Gasteiger partial charge in [0.15, 0.2) is 0 Å². The minimum Gasteiger partial charge on any atom is -0.333 e. The highest BCUT2D eigenvalue weighted by Gasteiger charge is 1.98. The number of urea groups is 1. The van der Waals surface area contributed by atoms with E-state index in [1.54, 1.807) is 6.08 Å². The summed E-state index contributed by atoms with van der Waals surface area (Å²) in [4.78, 5) is 11.3. The smallest absolute Gasteiger partial charge is 0.329 e. The number of nitrogens with one attached hydrogen (secondary N) is 3. The number of rotatable bonds is 5. The van der Waals surface area contributed by atoms with Crippen LogP contribution < -0.4 is 16.2 Å². The Morgan fingerprint density at radius 3 is 3.00 bits per heavy atom. The van der Waals surface area contributed by atoms with Gasteiger partial charge in [0.1, 0.15) is 0 Å². The molecule has 0 radical (unpaired) electrons. The number of hydrazine groups is 1. The van der Waals surface area contributed by atoms with E-state index in [9.17, 15) is 4.79 Å². The molecule has 0 bridgehead atoms. The summed E-state index contributed by atoms with van der Waals surface area (Å²) < 4.78 is 0. The van der Waals surface area contributed by atoms with Crippen LogP contribution in [0.1, 0.15) is 11.1 Å². The van der Waals surface area contributed by atoms with Crippen molar-refractivity contribution in [3.05, 3.63) is 48.0 Å². The molecule has 0 saturated carbocycles. The van der Waals surface area contributed by atoms with Crippen LogP contribution in [0.15, 0.2) is 36.9 Å². The molecule has 1 rings (SSSR count). The molecule has 2 amide bonds. The van der Waals surface area contributed by atoms with Crippen molar-refractivity contribution in [2.75, 3.05) is 6.54 Å². The highest BCUT2D eigenvalue weighted by atomic mass is 16.2. The van der Waals surface area contributed by atoms with Crippen molar-refractivity contribution in [1.29, 1.82) is 0 Å². The van der Waals surface area contributed by atoms with Gasteiger partial charge in [0.2, 0.25) is 0 Å². The van der Waals surface area contributed by atoms with Crippen molar-refractivity contribution in [2.24, 2.45) is 0 Å². The Morgan fingerprint density at radius 2 is 2.31 bits per heavy atom. The van der Waals surface area contributed by atoms with Gasteiger partial charge >= 0.3 is 6.03 Å². The van der Waals surface area contributed by atoms with Crippen molar-refractivity contribution in [2.45, 2.75) is 13.5 Å². The maximum atomic E-state index is 11.3. The molecule has 0 saturated heterocycles. The van der Waals surface area contributed by atoms with Gasteiger partial charge in [-0.05, 0) is 12.5 Å². The Labute approximate surface area is 95.7 Å². The Balaban J connectivity index is 2.28. The van der Waals surface area contributed by atoms with Crippen LogP contribution in [0.5, 0.6) is 0 Å². The highest BCUT2D eigenvalue weighted by molar-refractivity contribution is 5.73. The van der Waals surface area contributed by atoms with E-state index in [1.165, 1.54) is 5.56 Å². The SMILES string of the molecule is C=CCNNC(=O)NCc1cccc(C)c1. The minimum absolute atomic E-state index is 0.247. The van der Waals surface area contributed by atoms with Crippen LogP contribution >= 0.6 is 0 Å². The molecule has 0 aliphatic carbocycles. The third-order valence-electron chi connectivity index (χ3n) is 1.98. The molecule has 1 aromatic carbocycles. The van der Waals surface area contributed by atoms with Crippen molar-refractivity contribution in [3.8, 4) is 0 Å². The Morgan fingerprint density at radius 1 is 1.50 bits per heavy atom. The van der Waals surface area contributed by atoms with E-state index < -0.39 is 0 Å². The van der Waals surface area contributed by atoms with E-state index in [4.69, 9.17) is 0 Å². The first-order valence-corrected chi connectivity index (χ1v) is 5.15. The zero-order valence-electron chi connectivity index (χ0n) is 9.42. The Kier molecular flexibility index (Phi) is 5.08. The first-order chi connectivity index (χ1) is 7.72. The molecule has 0 atom stereocenters. The Bertz CT molecular complexity index is 363. The summed E-state index contributed by atoms with van der Waals surface area (Å²) in [6.07, 6.45) is 1.67. The number of carbonyl (C=O) groups excluding carboxylic acids is 1. The summed E-state index contributed by atoms with van der Waals surface area (Å²) in [5.41, 5.74) is 7.47. The van der Waals surface area contributed by atoms with E-state index in [-0.39, 0.29) is 6.03 Å². The summed E-state index contributed by atoms with van der Waals surface area (Å²) in [5, 5.41) is 2.74. The molecule has 0 aromatic heterocycles. The van der Waals surface area contributed by atoms with Crippen LogP contribution in [0.4, 0.5) is 4.79 Å². The zero-order valence-corrected chi connectivity index (χ0v) is 9.42. The molecule has 0 fully saturated rings. The third kappa shape index (κ3) is 4.61. The lowest BCUT2D eigenvalue weighted by atomic mass is 10.1. The number of hydrogen-bond donors (Lipinski definition) is 3. The number of benzene rings is 1. The fourth-order valence-corrected chi connectivity index (χ4v) is 1.25. The highest BCUT2D eigenvalue weighted by Crippen LogP contribution is 2.02. The van der Waals surface area contributed by atoms with Gasteiger partial charge in [-0.15, -0.1) is 6.58 Å². The van der Waals surface area contributed by atoms with E-state index in [1.807, 2.05) is 31.2 Å². The quantitative estimate of drug-likeness (QED) is 0.399. The average molecular weight is 219 g/mol. The van der Waals surface area contributed by atoms with E-state index in [0.717, 1.165) is 5.56 Å². The van der Waals surface area contributed by atoms with E-state index in [2.05, 4.69) is 22.7 Å². The number of carbonyl (C=O) groups is 1. The molecule has 16 heavy (non-hydrogen) atoms. The van der Waals surface area contributed by atoms with Crippen LogP contribution in [0.3, 0.4) is 0 Å². The van der Waals surface area contributed by atoms with Crippen LogP contribution in [-0.2, 0) is 6.54 Å². The maximum Gasteiger partial charge on any atom is 0.329 e. The standard InChI is InChI=1S/C12H17N3O/c1-3-7-14-15-12(16)13-9-11-6-4-5-10(2)8-11/h3-6,8,14H,1,7,9H2,2H3,(H2,13,15,16). The third-order valence-corrected chi connectivity index (χ3v) is 1.98. The second kappa shape index (κ2) is 6.63.